The fraction of sp³-hybridized carbons (Fsp3) is 1.00. The van der Waals surface area contributed by atoms with Crippen LogP contribution in [0.2, 0.25) is 0 Å². The molecule has 0 radical (unpaired) electrons. The van der Waals surface area contributed by atoms with Crippen LogP contribution in [-0.4, -0.2) is 12.6 Å². The first-order chi connectivity index (χ1) is 6.77. The van der Waals surface area contributed by atoms with Crippen molar-refractivity contribution in [2.24, 2.45) is 17.8 Å². The predicted octanol–water partition coefficient (Wildman–Crippen LogP) is 3.20. The van der Waals surface area contributed by atoms with Gasteiger partial charge in [0.15, 0.2) is 0 Å². The Morgan fingerprint density at radius 2 is 1.64 bits per heavy atom. The number of rotatable bonds is 1. The second-order valence-corrected chi connectivity index (χ2v) is 5.62. The summed E-state index contributed by atoms with van der Waals surface area (Å²) in [5.41, 5.74) is 0. The molecule has 1 aliphatic carbocycles. The minimum Gasteiger partial charge on any atom is -0.313 e. The average molecular weight is 195 g/mol. The highest BCUT2D eigenvalue weighted by atomic mass is 14.9. The molecule has 1 saturated carbocycles. The molecule has 1 N–H and O–H groups in total. The second kappa shape index (κ2) is 4.65. The zero-order chi connectivity index (χ0) is 9.97. The fourth-order valence-corrected chi connectivity index (χ4v) is 3.35. The summed E-state index contributed by atoms with van der Waals surface area (Å²) < 4.78 is 0. The molecular weight excluding hydrogens is 170 g/mol. The topological polar surface area (TPSA) is 12.0 Å². The van der Waals surface area contributed by atoms with E-state index in [1.807, 2.05) is 0 Å². The molecule has 0 amide bonds. The van der Waals surface area contributed by atoms with Gasteiger partial charge in [0.2, 0.25) is 0 Å². The van der Waals surface area contributed by atoms with Gasteiger partial charge in [0, 0.05) is 6.04 Å². The Kier molecular flexibility index (Phi) is 3.48. The highest BCUT2D eigenvalue weighted by Gasteiger charge is 2.30. The lowest BCUT2D eigenvalue weighted by molar-refractivity contribution is 0.164. The van der Waals surface area contributed by atoms with Crippen molar-refractivity contribution in [3.05, 3.63) is 0 Å². The monoisotopic (exact) mass is 195 g/mol. The lowest BCUT2D eigenvalue weighted by Crippen LogP contribution is -2.46. The summed E-state index contributed by atoms with van der Waals surface area (Å²) in [5, 5.41) is 3.75. The van der Waals surface area contributed by atoms with E-state index in [1.165, 1.54) is 45.1 Å². The van der Waals surface area contributed by atoms with Crippen LogP contribution < -0.4 is 5.32 Å². The van der Waals surface area contributed by atoms with Crippen LogP contribution in [0.1, 0.15) is 52.4 Å². The molecule has 1 nitrogen and oxygen atoms in total. The smallest absolute Gasteiger partial charge is 0.0121 e. The number of piperidine rings is 1. The zero-order valence-electron chi connectivity index (χ0n) is 9.76. The van der Waals surface area contributed by atoms with Gasteiger partial charge in [-0.1, -0.05) is 26.7 Å². The fourth-order valence-electron chi connectivity index (χ4n) is 3.35. The first kappa shape index (κ1) is 10.5. The van der Waals surface area contributed by atoms with Crippen molar-refractivity contribution in [2.45, 2.75) is 58.4 Å². The Hall–Kier alpha value is -0.0400. The van der Waals surface area contributed by atoms with Gasteiger partial charge in [0.05, 0.1) is 0 Å². The van der Waals surface area contributed by atoms with Crippen molar-refractivity contribution in [1.82, 2.24) is 5.32 Å². The number of hydrogen-bond acceptors (Lipinski definition) is 1. The first-order valence-corrected chi connectivity index (χ1v) is 6.50. The summed E-state index contributed by atoms with van der Waals surface area (Å²) in [7, 11) is 0. The molecule has 0 aromatic rings. The highest BCUT2D eigenvalue weighted by molar-refractivity contribution is 4.86. The average Bonchev–Trinajstić information content (AvgIpc) is 2.20. The maximum Gasteiger partial charge on any atom is 0.0121 e. The Morgan fingerprint density at radius 1 is 0.929 bits per heavy atom. The van der Waals surface area contributed by atoms with Crippen LogP contribution in [0.15, 0.2) is 0 Å². The highest BCUT2D eigenvalue weighted by Crippen LogP contribution is 2.34. The van der Waals surface area contributed by atoms with Crippen molar-refractivity contribution < 1.29 is 0 Å². The van der Waals surface area contributed by atoms with E-state index in [-0.39, 0.29) is 0 Å². The molecule has 82 valence electrons. The number of hydrogen-bond donors (Lipinski definition) is 1. The van der Waals surface area contributed by atoms with Gasteiger partial charge in [0.1, 0.15) is 0 Å². The summed E-state index contributed by atoms with van der Waals surface area (Å²) in [5.74, 6) is 2.90. The lowest BCUT2D eigenvalue weighted by atomic mass is 9.74. The van der Waals surface area contributed by atoms with Gasteiger partial charge in [-0.15, -0.1) is 0 Å². The van der Waals surface area contributed by atoms with Crippen LogP contribution in [-0.2, 0) is 0 Å². The Morgan fingerprint density at radius 3 is 2.29 bits per heavy atom. The quantitative estimate of drug-likeness (QED) is 0.677. The van der Waals surface area contributed by atoms with Crippen LogP contribution in [0, 0.1) is 17.8 Å². The van der Waals surface area contributed by atoms with E-state index in [0.717, 1.165) is 23.8 Å². The summed E-state index contributed by atoms with van der Waals surface area (Å²) >= 11 is 0. The molecule has 2 unspecified atom stereocenters. The molecule has 2 aliphatic rings. The van der Waals surface area contributed by atoms with Crippen molar-refractivity contribution >= 4 is 0 Å². The SMILES string of the molecule is CC1CCC(C2NCCCC2C)CC1. The van der Waals surface area contributed by atoms with Gasteiger partial charge in [0.25, 0.3) is 0 Å². The molecule has 1 saturated heterocycles. The van der Waals surface area contributed by atoms with Gasteiger partial charge in [-0.25, -0.2) is 0 Å². The van der Waals surface area contributed by atoms with Gasteiger partial charge >= 0.3 is 0 Å². The Balaban J connectivity index is 1.87. The molecule has 1 aliphatic heterocycles. The van der Waals surface area contributed by atoms with E-state index in [9.17, 15) is 0 Å². The summed E-state index contributed by atoms with van der Waals surface area (Å²) in [6, 6.07) is 0.844. The van der Waals surface area contributed by atoms with Gasteiger partial charge in [-0.3, -0.25) is 0 Å². The Bertz CT molecular complexity index is 170. The largest absolute Gasteiger partial charge is 0.313 e. The third-order valence-electron chi connectivity index (χ3n) is 4.40. The minimum atomic E-state index is 0.844. The normalized spacial score (nSPS) is 45.0. The van der Waals surface area contributed by atoms with Crippen LogP contribution >= 0.6 is 0 Å². The maximum atomic E-state index is 3.75. The van der Waals surface area contributed by atoms with Crippen molar-refractivity contribution in [3.63, 3.8) is 0 Å². The number of nitrogens with one attached hydrogen (secondary N) is 1. The van der Waals surface area contributed by atoms with E-state index in [4.69, 9.17) is 0 Å². The Labute approximate surface area is 88.7 Å². The molecule has 14 heavy (non-hydrogen) atoms. The minimum absolute atomic E-state index is 0.844. The standard InChI is InChI=1S/C13H25N/c1-10-5-7-12(8-6-10)13-11(2)4-3-9-14-13/h10-14H,3-9H2,1-2H3. The van der Waals surface area contributed by atoms with Gasteiger partial charge in [-0.2, -0.15) is 0 Å². The van der Waals surface area contributed by atoms with E-state index in [1.54, 1.807) is 0 Å². The summed E-state index contributed by atoms with van der Waals surface area (Å²) in [4.78, 5) is 0. The molecule has 2 fully saturated rings. The maximum absolute atomic E-state index is 3.75. The van der Waals surface area contributed by atoms with Crippen LogP contribution in [0.5, 0.6) is 0 Å². The van der Waals surface area contributed by atoms with Gasteiger partial charge < -0.3 is 5.32 Å². The summed E-state index contributed by atoms with van der Waals surface area (Å²) in [6.07, 6.45) is 8.72. The molecule has 0 spiro atoms. The lowest BCUT2D eigenvalue weighted by Gasteiger charge is -2.39. The van der Waals surface area contributed by atoms with Crippen molar-refractivity contribution in [2.75, 3.05) is 6.54 Å². The van der Waals surface area contributed by atoms with Crippen molar-refractivity contribution in [1.29, 1.82) is 0 Å². The molecule has 0 aromatic carbocycles. The van der Waals surface area contributed by atoms with E-state index >= 15 is 0 Å². The molecule has 0 bridgehead atoms. The predicted molar refractivity (Wildman–Crippen MR) is 61.3 cm³/mol. The van der Waals surface area contributed by atoms with E-state index in [0.29, 0.717) is 0 Å². The third kappa shape index (κ3) is 2.31. The first-order valence-electron chi connectivity index (χ1n) is 6.50. The second-order valence-electron chi connectivity index (χ2n) is 5.62. The molecule has 1 heteroatoms. The van der Waals surface area contributed by atoms with Gasteiger partial charge in [-0.05, 0) is 50.0 Å². The molecule has 2 rings (SSSR count). The summed E-state index contributed by atoms with van der Waals surface area (Å²) in [6.45, 7) is 6.11. The molecular formula is C13H25N. The van der Waals surface area contributed by atoms with Crippen LogP contribution in [0.3, 0.4) is 0 Å². The van der Waals surface area contributed by atoms with Crippen molar-refractivity contribution in [3.8, 4) is 0 Å². The molecule has 1 heterocycles. The van der Waals surface area contributed by atoms with E-state index in [2.05, 4.69) is 19.2 Å². The van der Waals surface area contributed by atoms with E-state index < -0.39 is 0 Å². The van der Waals surface area contributed by atoms with Crippen LogP contribution in [0.4, 0.5) is 0 Å². The zero-order valence-corrected chi connectivity index (χ0v) is 9.76. The molecule has 0 aromatic heterocycles. The molecule has 2 atom stereocenters. The third-order valence-corrected chi connectivity index (χ3v) is 4.40. The van der Waals surface area contributed by atoms with Crippen LogP contribution in [0.25, 0.3) is 0 Å².